The van der Waals surface area contributed by atoms with Gasteiger partial charge in [-0.3, -0.25) is 9.59 Å². The van der Waals surface area contributed by atoms with Gasteiger partial charge in [0.2, 0.25) is 21.2 Å². The molecule has 32 heavy (non-hydrogen) atoms. The number of aromatic nitrogens is 2. The van der Waals surface area contributed by atoms with Crippen molar-refractivity contribution in [2.75, 3.05) is 7.11 Å². The van der Waals surface area contributed by atoms with Crippen molar-refractivity contribution in [2.24, 2.45) is 0 Å². The van der Waals surface area contributed by atoms with Gasteiger partial charge >= 0.3 is 0 Å². The predicted molar refractivity (Wildman–Crippen MR) is 120 cm³/mol. The number of rotatable bonds is 6. The molecule has 2 aromatic heterocycles. The summed E-state index contributed by atoms with van der Waals surface area (Å²) in [6, 6.07) is 9.16. The molecule has 0 spiro atoms. The summed E-state index contributed by atoms with van der Waals surface area (Å²) >= 11 is 0. The number of amides is 1. The van der Waals surface area contributed by atoms with Gasteiger partial charge in [0.15, 0.2) is 0 Å². The Morgan fingerprint density at radius 2 is 1.84 bits per heavy atom. The number of ether oxygens (including phenoxy) is 1. The Hall–Kier alpha value is -3.20. The molecule has 0 atom stereocenters. The predicted octanol–water partition coefficient (Wildman–Crippen LogP) is 2.61. The topological polar surface area (TPSA) is 107 Å². The lowest BCUT2D eigenvalue weighted by atomic mass is 10.2. The lowest BCUT2D eigenvalue weighted by Crippen LogP contribution is -2.35. The third kappa shape index (κ3) is 4.25. The number of nitrogens with zero attached hydrogens (tertiary/aromatic N) is 2. The summed E-state index contributed by atoms with van der Waals surface area (Å²) in [5.41, 5.74) is 0.300. The average molecular weight is 456 g/mol. The molecule has 1 aliphatic carbocycles. The minimum absolute atomic E-state index is 0.0308. The number of benzene rings is 1. The van der Waals surface area contributed by atoms with Gasteiger partial charge in [-0.25, -0.2) is 13.4 Å². The second kappa shape index (κ2) is 8.74. The monoisotopic (exact) mass is 455 g/mol. The summed E-state index contributed by atoms with van der Waals surface area (Å²) in [5, 5.41) is 3.15. The van der Waals surface area contributed by atoms with Crippen molar-refractivity contribution in [2.45, 2.75) is 55.0 Å². The van der Waals surface area contributed by atoms with Crippen LogP contribution >= 0.6 is 0 Å². The number of nitrogens with one attached hydrogen (secondary N) is 1. The Labute approximate surface area is 186 Å². The number of methoxy groups -OCH3 is 1. The van der Waals surface area contributed by atoms with Gasteiger partial charge in [-0.15, -0.1) is 0 Å². The molecule has 8 nitrogen and oxygen atoms in total. The smallest absolute Gasteiger partial charge is 0.240 e. The van der Waals surface area contributed by atoms with E-state index in [1.807, 2.05) is 0 Å². The van der Waals surface area contributed by atoms with Gasteiger partial charge in [-0.2, -0.15) is 0 Å². The molecule has 2 heterocycles. The number of hydrogen-bond donors (Lipinski definition) is 1. The summed E-state index contributed by atoms with van der Waals surface area (Å²) < 4.78 is 33.1. The molecule has 4 rings (SSSR count). The summed E-state index contributed by atoms with van der Waals surface area (Å²) in [4.78, 5) is 29.8. The first-order valence-corrected chi connectivity index (χ1v) is 12.0. The van der Waals surface area contributed by atoms with Crippen LogP contribution in [0.3, 0.4) is 0 Å². The largest absolute Gasteiger partial charge is 0.497 e. The average Bonchev–Trinajstić information content (AvgIpc) is 3.28. The highest BCUT2D eigenvalue weighted by atomic mass is 32.2. The second-order valence-electron chi connectivity index (χ2n) is 8.00. The molecule has 1 aliphatic rings. The highest BCUT2D eigenvalue weighted by molar-refractivity contribution is 7.91. The SMILES string of the molecule is COc1ccc(S(=O)(=O)c2cn(CC(=O)NC3CCCC3)c3nc(C)ccc3c2=O)cc1. The Morgan fingerprint density at radius 3 is 2.50 bits per heavy atom. The van der Waals surface area contributed by atoms with E-state index in [1.165, 1.54) is 42.1 Å². The molecule has 3 aromatic rings. The molecule has 0 bridgehead atoms. The number of carbonyl (C=O) groups is 1. The number of hydrogen-bond acceptors (Lipinski definition) is 6. The molecule has 1 aromatic carbocycles. The molecule has 1 amide bonds. The Morgan fingerprint density at radius 1 is 1.16 bits per heavy atom. The molecule has 0 radical (unpaired) electrons. The molecule has 1 N–H and O–H groups in total. The van der Waals surface area contributed by atoms with Crippen LogP contribution in [0.5, 0.6) is 5.75 Å². The highest BCUT2D eigenvalue weighted by Crippen LogP contribution is 2.23. The van der Waals surface area contributed by atoms with Crippen LogP contribution in [0.4, 0.5) is 0 Å². The summed E-state index contributed by atoms with van der Waals surface area (Å²) in [6.45, 7) is 1.64. The van der Waals surface area contributed by atoms with Gasteiger partial charge < -0.3 is 14.6 Å². The van der Waals surface area contributed by atoms with E-state index < -0.39 is 20.2 Å². The van der Waals surface area contributed by atoms with Gasteiger partial charge in [0, 0.05) is 17.9 Å². The molecule has 0 saturated heterocycles. The zero-order valence-corrected chi connectivity index (χ0v) is 18.8. The second-order valence-corrected chi connectivity index (χ2v) is 9.92. The minimum Gasteiger partial charge on any atom is -0.497 e. The van der Waals surface area contributed by atoms with E-state index >= 15 is 0 Å². The standard InChI is InChI=1S/C23H25N3O5S/c1-15-7-12-19-22(28)20(32(29,30)18-10-8-17(31-2)9-11-18)13-26(23(19)24-15)14-21(27)25-16-5-3-4-6-16/h7-13,16H,3-6,14H2,1-2H3,(H,25,27). The molecule has 0 aliphatic heterocycles. The van der Waals surface area contributed by atoms with E-state index in [1.54, 1.807) is 19.1 Å². The summed E-state index contributed by atoms with van der Waals surface area (Å²) in [6.07, 6.45) is 5.26. The molecular weight excluding hydrogens is 430 g/mol. The van der Waals surface area contributed by atoms with Gasteiger partial charge in [0.25, 0.3) is 0 Å². The highest BCUT2D eigenvalue weighted by Gasteiger charge is 2.25. The van der Waals surface area contributed by atoms with Crippen LogP contribution in [0.1, 0.15) is 31.4 Å². The van der Waals surface area contributed by atoms with Crippen LogP contribution in [0.2, 0.25) is 0 Å². The quantitative estimate of drug-likeness (QED) is 0.612. The number of carbonyl (C=O) groups excluding carboxylic acids is 1. The van der Waals surface area contributed by atoms with E-state index in [0.29, 0.717) is 11.4 Å². The third-order valence-electron chi connectivity index (χ3n) is 5.72. The zero-order chi connectivity index (χ0) is 22.9. The van der Waals surface area contributed by atoms with Crippen molar-refractivity contribution >= 4 is 26.8 Å². The Kier molecular flexibility index (Phi) is 6.01. The number of aryl methyl sites for hydroxylation is 1. The third-order valence-corrected chi connectivity index (χ3v) is 7.48. The summed E-state index contributed by atoms with van der Waals surface area (Å²) in [7, 11) is -2.64. The van der Waals surface area contributed by atoms with E-state index in [-0.39, 0.29) is 34.4 Å². The fourth-order valence-corrected chi connectivity index (χ4v) is 5.39. The lowest BCUT2D eigenvalue weighted by molar-refractivity contribution is -0.122. The first kappa shape index (κ1) is 22.0. The normalized spacial score (nSPS) is 14.6. The van der Waals surface area contributed by atoms with Crippen LogP contribution in [0.25, 0.3) is 11.0 Å². The van der Waals surface area contributed by atoms with E-state index in [0.717, 1.165) is 25.7 Å². The number of fused-ring (bicyclic) bond motifs is 1. The van der Waals surface area contributed by atoms with E-state index in [4.69, 9.17) is 4.74 Å². The maximum atomic E-state index is 13.3. The first-order valence-electron chi connectivity index (χ1n) is 10.5. The van der Waals surface area contributed by atoms with Crippen molar-refractivity contribution < 1.29 is 17.9 Å². The molecular formula is C23H25N3O5S. The zero-order valence-electron chi connectivity index (χ0n) is 18.0. The Balaban J connectivity index is 1.80. The van der Waals surface area contributed by atoms with Crippen LogP contribution < -0.4 is 15.5 Å². The van der Waals surface area contributed by atoms with Gasteiger partial charge in [-0.1, -0.05) is 12.8 Å². The van der Waals surface area contributed by atoms with E-state index in [2.05, 4.69) is 10.3 Å². The van der Waals surface area contributed by atoms with Gasteiger partial charge in [0.1, 0.15) is 22.8 Å². The van der Waals surface area contributed by atoms with Crippen LogP contribution in [-0.4, -0.2) is 37.0 Å². The Bertz CT molecular complexity index is 1320. The lowest BCUT2D eigenvalue weighted by Gasteiger charge is -2.16. The summed E-state index contributed by atoms with van der Waals surface area (Å²) in [5.74, 6) is 0.265. The van der Waals surface area contributed by atoms with Crippen LogP contribution in [0.15, 0.2) is 57.2 Å². The number of pyridine rings is 2. The maximum absolute atomic E-state index is 13.3. The van der Waals surface area contributed by atoms with Crippen molar-refractivity contribution in [1.82, 2.24) is 14.9 Å². The van der Waals surface area contributed by atoms with Crippen molar-refractivity contribution in [1.29, 1.82) is 0 Å². The fourth-order valence-electron chi connectivity index (χ4n) is 4.03. The molecule has 1 saturated carbocycles. The maximum Gasteiger partial charge on any atom is 0.240 e. The van der Waals surface area contributed by atoms with Crippen molar-refractivity contribution in [3.05, 3.63) is 58.5 Å². The minimum atomic E-state index is -4.13. The van der Waals surface area contributed by atoms with Gasteiger partial charge in [0.05, 0.1) is 17.4 Å². The first-order chi connectivity index (χ1) is 15.3. The van der Waals surface area contributed by atoms with Gasteiger partial charge in [-0.05, 0) is 56.2 Å². The van der Waals surface area contributed by atoms with Crippen LogP contribution in [-0.2, 0) is 21.2 Å². The fraction of sp³-hybridized carbons (Fsp3) is 0.348. The molecule has 9 heteroatoms. The molecule has 0 unspecified atom stereocenters. The molecule has 1 fully saturated rings. The number of sulfone groups is 1. The van der Waals surface area contributed by atoms with E-state index in [9.17, 15) is 18.0 Å². The van der Waals surface area contributed by atoms with Crippen LogP contribution in [0, 0.1) is 6.92 Å². The van der Waals surface area contributed by atoms with Crippen molar-refractivity contribution in [3.8, 4) is 5.75 Å². The van der Waals surface area contributed by atoms with Crippen molar-refractivity contribution in [3.63, 3.8) is 0 Å². The molecule has 168 valence electrons.